The molecule has 0 aliphatic heterocycles. The van der Waals surface area contributed by atoms with Crippen LogP contribution in [0.3, 0.4) is 0 Å². The Bertz CT molecular complexity index is 230. The summed E-state index contributed by atoms with van der Waals surface area (Å²) in [5, 5.41) is 9.02. The van der Waals surface area contributed by atoms with Crippen molar-refractivity contribution in [2.24, 2.45) is 0 Å². The summed E-state index contributed by atoms with van der Waals surface area (Å²) in [6.07, 6.45) is 3.50. The van der Waals surface area contributed by atoms with Gasteiger partial charge in [0.05, 0.1) is 11.9 Å². The van der Waals surface area contributed by atoms with Crippen molar-refractivity contribution in [2.75, 3.05) is 5.75 Å². The molecule has 0 aliphatic rings. The summed E-state index contributed by atoms with van der Waals surface area (Å²) in [4.78, 5) is 0. The quantitative estimate of drug-likeness (QED) is 0.496. The molecule has 0 aromatic carbocycles. The molecule has 0 heterocycles. The molecule has 2 N–H and O–H groups in total. The molecular weight excluding hydrogens is 180 g/mol. The molecule has 0 fully saturated rings. The molecule has 0 amide bonds. The number of hydrogen-bond acceptors (Lipinski definition) is 3. The van der Waals surface area contributed by atoms with E-state index in [2.05, 4.69) is 0 Å². The van der Waals surface area contributed by atoms with Crippen LogP contribution in [0, 0.1) is 0 Å². The highest BCUT2D eigenvalue weighted by molar-refractivity contribution is 7.85. The largest absolute Gasteiger partial charge is 0.393 e. The molecule has 12 heavy (non-hydrogen) atoms. The van der Waals surface area contributed by atoms with Gasteiger partial charge in [0.25, 0.3) is 10.1 Å². The van der Waals surface area contributed by atoms with Crippen molar-refractivity contribution in [1.82, 2.24) is 0 Å². The second-order valence-electron chi connectivity index (χ2n) is 2.52. The summed E-state index contributed by atoms with van der Waals surface area (Å²) in [6.45, 7) is 1.83. The minimum atomic E-state index is -3.90. The van der Waals surface area contributed by atoms with E-state index < -0.39 is 16.2 Å². The normalized spacial score (nSPS) is 15.2. The Morgan fingerprint density at radius 2 is 2.00 bits per heavy atom. The monoisotopic (exact) mass is 194 g/mol. The number of aliphatic hydroxyl groups is 1. The SMILES string of the molecule is CCC(O)C/C=C/CS(=O)(=O)O. The maximum atomic E-state index is 10.2. The van der Waals surface area contributed by atoms with Gasteiger partial charge in [0.2, 0.25) is 0 Å². The number of hydrogen-bond donors (Lipinski definition) is 2. The minimum absolute atomic E-state index is 0.385. The van der Waals surface area contributed by atoms with Gasteiger partial charge in [0.15, 0.2) is 0 Å². The lowest BCUT2D eigenvalue weighted by molar-refractivity contribution is 0.173. The van der Waals surface area contributed by atoms with Gasteiger partial charge < -0.3 is 5.11 Å². The van der Waals surface area contributed by atoms with Crippen molar-refractivity contribution < 1.29 is 18.1 Å². The number of rotatable bonds is 5. The van der Waals surface area contributed by atoms with Crippen LogP contribution >= 0.6 is 0 Å². The van der Waals surface area contributed by atoms with Crippen molar-refractivity contribution in [3.05, 3.63) is 12.2 Å². The highest BCUT2D eigenvalue weighted by Gasteiger charge is 1.99. The molecule has 0 saturated carbocycles. The van der Waals surface area contributed by atoms with Crippen molar-refractivity contribution in [2.45, 2.75) is 25.9 Å². The zero-order chi connectivity index (χ0) is 9.61. The lowest BCUT2D eigenvalue weighted by Gasteiger charge is -2.00. The molecule has 1 unspecified atom stereocenters. The highest BCUT2D eigenvalue weighted by Crippen LogP contribution is 1.97. The Kier molecular flexibility index (Phi) is 5.12. The molecule has 0 bridgehead atoms. The average Bonchev–Trinajstić information content (AvgIpc) is 1.96. The first kappa shape index (κ1) is 11.6. The van der Waals surface area contributed by atoms with Gasteiger partial charge in [-0.1, -0.05) is 19.1 Å². The maximum Gasteiger partial charge on any atom is 0.268 e. The molecule has 0 aromatic rings. The molecule has 0 rings (SSSR count). The van der Waals surface area contributed by atoms with Crippen molar-refractivity contribution in [1.29, 1.82) is 0 Å². The summed E-state index contributed by atoms with van der Waals surface area (Å²) < 4.78 is 28.7. The van der Waals surface area contributed by atoms with Crippen molar-refractivity contribution >= 4 is 10.1 Å². The van der Waals surface area contributed by atoms with Crippen LogP contribution in [0.2, 0.25) is 0 Å². The van der Waals surface area contributed by atoms with Gasteiger partial charge in [0.1, 0.15) is 0 Å². The lowest BCUT2D eigenvalue weighted by Crippen LogP contribution is -2.03. The predicted octanol–water partition coefficient (Wildman–Crippen LogP) is 0.591. The molecule has 0 spiro atoms. The topological polar surface area (TPSA) is 74.6 Å². The van der Waals surface area contributed by atoms with Gasteiger partial charge >= 0.3 is 0 Å². The molecule has 0 aliphatic carbocycles. The fraction of sp³-hybridized carbons (Fsp3) is 0.714. The first-order chi connectivity index (χ1) is 5.45. The van der Waals surface area contributed by atoms with Crippen LogP contribution in [0.1, 0.15) is 19.8 Å². The first-order valence-electron chi connectivity index (χ1n) is 3.74. The second-order valence-corrected chi connectivity index (χ2v) is 4.01. The predicted molar refractivity (Wildman–Crippen MR) is 46.5 cm³/mol. The smallest absolute Gasteiger partial charge is 0.268 e. The van der Waals surface area contributed by atoms with Crippen LogP contribution in [0.25, 0.3) is 0 Å². The van der Waals surface area contributed by atoms with E-state index in [0.717, 1.165) is 0 Å². The van der Waals surface area contributed by atoms with Gasteiger partial charge in [-0.3, -0.25) is 4.55 Å². The van der Waals surface area contributed by atoms with Gasteiger partial charge in [0, 0.05) is 0 Å². The van der Waals surface area contributed by atoms with Crippen molar-refractivity contribution in [3.8, 4) is 0 Å². The maximum absolute atomic E-state index is 10.2. The highest BCUT2D eigenvalue weighted by atomic mass is 32.2. The van der Waals surface area contributed by atoms with Crippen LogP contribution in [-0.4, -0.2) is 29.9 Å². The standard InChI is InChI=1S/C7H14O4S/c1-2-7(8)5-3-4-6-12(9,10)11/h3-4,7-8H,2,5-6H2,1H3,(H,9,10,11)/b4-3+. The first-order valence-corrected chi connectivity index (χ1v) is 5.35. The average molecular weight is 194 g/mol. The van der Waals surface area contributed by atoms with E-state index in [1.54, 1.807) is 6.08 Å². The minimum Gasteiger partial charge on any atom is -0.393 e. The summed E-state index contributed by atoms with van der Waals surface area (Å²) in [5.74, 6) is -0.385. The Labute approximate surface area is 72.7 Å². The second kappa shape index (κ2) is 5.29. The molecule has 0 aromatic heterocycles. The Hall–Kier alpha value is -0.390. The summed E-state index contributed by atoms with van der Waals surface area (Å²) in [5.41, 5.74) is 0. The summed E-state index contributed by atoms with van der Waals surface area (Å²) in [7, 11) is -3.90. The molecule has 5 heteroatoms. The van der Waals surface area contributed by atoms with Crippen LogP contribution in [0.4, 0.5) is 0 Å². The third-order valence-corrected chi connectivity index (χ3v) is 1.97. The van der Waals surface area contributed by atoms with Crippen LogP contribution in [-0.2, 0) is 10.1 Å². The molecule has 0 radical (unpaired) electrons. The van der Waals surface area contributed by atoms with E-state index in [9.17, 15) is 8.42 Å². The van der Waals surface area contributed by atoms with Crippen molar-refractivity contribution in [3.63, 3.8) is 0 Å². The van der Waals surface area contributed by atoms with E-state index in [-0.39, 0.29) is 5.75 Å². The summed E-state index contributed by atoms with van der Waals surface area (Å²) in [6, 6.07) is 0. The Balaban J connectivity index is 3.65. The van der Waals surface area contributed by atoms with Gasteiger partial charge in [-0.25, -0.2) is 0 Å². The lowest BCUT2D eigenvalue weighted by atomic mass is 10.2. The number of aliphatic hydroxyl groups excluding tert-OH is 1. The third-order valence-electron chi connectivity index (χ3n) is 1.35. The zero-order valence-electron chi connectivity index (χ0n) is 6.97. The van der Waals surface area contributed by atoms with Gasteiger partial charge in [-0.15, -0.1) is 0 Å². The van der Waals surface area contributed by atoms with Crippen LogP contribution in [0.5, 0.6) is 0 Å². The van der Waals surface area contributed by atoms with E-state index in [0.29, 0.717) is 12.8 Å². The van der Waals surface area contributed by atoms with E-state index in [1.165, 1.54) is 6.08 Å². The fourth-order valence-electron chi connectivity index (χ4n) is 0.610. The Morgan fingerprint density at radius 1 is 1.42 bits per heavy atom. The van der Waals surface area contributed by atoms with E-state index in [4.69, 9.17) is 9.66 Å². The zero-order valence-corrected chi connectivity index (χ0v) is 7.79. The van der Waals surface area contributed by atoms with Gasteiger partial charge in [-0.05, 0) is 12.8 Å². The van der Waals surface area contributed by atoms with E-state index in [1.807, 2.05) is 6.92 Å². The van der Waals surface area contributed by atoms with E-state index >= 15 is 0 Å². The molecule has 4 nitrogen and oxygen atoms in total. The third kappa shape index (κ3) is 7.71. The molecule has 72 valence electrons. The molecule has 1 atom stereocenters. The Morgan fingerprint density at radius 3 is 2.42 bits per heavy atom. The van der Waals surface area contributed by atoms with Crippen LogP contribution < -0.4 is 0 Å². The fourth-order valence-corrected chi connectivity index (χ4v) is 0.989. The van der Waals surface area contributed by atoms with Crippen LogP contribution in [0.15, 0.2) is 12.2 Å². The summed E-state index contributed by atoms with van der Waals surface area (Å²) >= 11 is 0. The van der Waals surface area contributed by atoms with Gasteiger partial charge in [-0.2, -0.15) is 8.42 Å². The molecule has 0 saturated heterocycles. The molecular formula is C7H14O4S.